The zero-order valence-electron chi connectivity index (χ0n) is 16.5. The van der Waals surface area contributed by atoms with Gasteiger partial charge in [0.05, 0.1) is 13.2 Å². The summed E-state index contributed by atoms with van der Waals surface area (Å²) in [6, 6.07) is 4.19. The van der Waals surface area contributed by atoms with Crippen LogP contribution in [0.25, 0.3) is 0 Å². The number of benzene rings is 1. The van der Waals surface area contributed by atoms with Crippen molar-refractivity contribution >= 4 is 17.3 Å². The number of fused-ring (bicyclic) bond motifs is 1. The van der Waals surface area contributed by atoms with Crippen LogP contribution in [0.1, 0.15) is 41.8 Å². The second kappa shape index (κ2) is 9.08. The molecule has 0 fully saturated rings. The molecule has 146 valence electrons. The van der Waals surface area contributed by atoms with Gasteiger partial charge in [-0.25, -0.2) is 4.98 Å². The highest BCUT2D eigenvalue weighted by molar-refractivity contribution is 7.11. The van der Waals surface area contributed by atoms with Crippen molar-refractivity contribution in [3.8, 4) is 11.5 Å². The second-order valence-electron chi connectivity index (χ2n) is 6.49. The lowest BCUT2D eigenvalue weighted by molar-refractivity contribution is 0.254. The Kier molecular flexibility index (Phi) is 6.55. The van der Waals surface area contributed by atoms with Gasteiger partial charge in [0.1, 0.15) is 22.6 Å². The van der Waals surface area contributed by atoms with Crippen LogP contribution < -0.4 is 20.1 Å². The molecule has 2 aromatic rings. The van der Waals surface area contributed by atoms with Gasteiger partial charge in [0.15, 0.2) is 5.96 Å². The Labute approximate surface area is 165 Å². The Morgan fingerprint density at radius 2 is 2.15 bits per heavy atom. The molecule has 1 aliphatic rings. The van der Waals surface area contributed by atoms with E-state index in [1.54, 1.807) is 18.4 Å². The first-order chi connectivity index (χ1) is 13.1. The van der Waals surface area contributed by atoms with E-state index in [0.29, 0.717) is 19.7 Å². The smallest absolute Gasteiger partial charge is 0.191 e. The Bertz CT molecular complexity index is 803. The lowest BCUT2D eigenvalue weighted by Gasteiger charge is -2.15. The first-order valence-electron chi connectivity index (χ1n) is 9.46. The Morgan fingerprint density at radius 3 is 2.85 bits per heavy atom. The summed E-state index contributed by atoms with van der Waals surface area (Å²) in [7, 11) is 1.77. The predicted molar refractivity (Wildman–Crippen MR) is 110 cm³/mol. The molecule has 0 spiro atoms. The van der Waals surface area contributed by atoms with Crippen molar-refractivity contribution in [3.05, 3.63) is 39.3 Å². The summed E-state index contributed by atoms with van der Waals surface area (Å²) < 4.78 is 11.7. The maximum Gasteiger partial charge on any atom is 0.191 e. The minimum Gasteiger partial charge on any atom is -0.494 e. The van der Waals surface area contributed by atoms with Gasteiger partial charge in [0.25, 0.3) is 0 Å². The van der Waals surface area contributed by atoms with Crippen molar-refractivity contribution < 1.29 is 9.47 Å². The van der Waals surface area contributed by atoms with Crippen LogP contribution in [0.4, 0.5) is 0 Å². The average molecular weight is 389 g/mol. The van der Waals surface area contributed by atoms with Gasteiger partial charge in [-0.15, -0.1) is 11.3 Å². The van der Waals surface area contributed by atoms with Gasteiger partial charge in [-0.2, -0.15) is 0 Å². The molecule has 1 unspecified atom stereocenters. The molecular formula is C20H28N4O2S. The van der Waals surface area contributed by atoms with Crippen LogP contribution in [0, 0.1) is 0 Å². The number of hydrogen-bond acceptors (Lipinski definition) is 5. The fourth-order valence-electron chi connectivity index (χ4n) is 3.06. The second-order valence-corrected chi connectivity index (χ2v) is 7.69. The molecule has 0 amide bonds. The van der Waals surface area contributed by atoms with E-state index in [4.69, 9.17) is 9.47 Å². The first kappa shape index (κ1) is 19.5. The summed E-state index contributed by atoms with van der Waals surface area (Å²) in [6.07, 6.45) is 4.11. The molecule has 0 aliphatic carbocycles. The lowest BCUT2D eigenvalue weighted by atomic mass is 10.1. The maximum absolute atomic E-state index is 5.90. The number of aliphatic imine (C=N–C) groups is 1. The minimum atomic E-state index is 0.221. The molecule has 2 N–H and O–H groups in total. The number of nitrogens with zero attached hydrogens (tertiary/aromatic N) is 2. The number of ether oxygens (including phenoxy) is 2. The van der Waals surface area contributed by atoms with E-state index in [-0.39, 0.29) is 6.10 Å². The molecule has 27 heavy (non-hydrogen) atoms. The highest BCUT2D eigenvalue weighted by atomic mass is 32.1. The minimum absolute atomic E-state index is 0.221. The highest BCUT2D eigenvalue weighted by Crippen LogP contribution is 2.35. The van der Waals surface area contributed by atoms with Crippen LogP contribution in [0.15, 0.2) is 23.3 Å². The summed E-state index contributed by atoms with van der Waals surface area (Å²) in [5.74, 6) is 2.60. The molecule has 0 saturated carbocycles. The van der Waals surface area contributed by atoms with Gasteiger partial charge >= 0.3 is 0 Å². The number of guanidine groups is 1. The summed E-state index contributed by atoms with van der Waals surface area (Å²) >= 11 is 1.73. The van der Waals surface area contributed by atoms with Crippen molar-refractivity contribution in [2.24, 2.45) is 4.99 Å². The van der Waals surface area contributed by atoms with Gasteiger partial charge in [-0.1, -0.05) is 6.92 Å². The molecule has 2 heterocycles. The molecule has 0 radical (unpaired) electrons. The third-order valence-electron chi connectivity index (χ3n) is 4.41. The van der Waals surface area contributed by atoms with Crippen molar-refractivity contribution in [1.29, 1.82) is 0 Å². The molecule has 3 rings (SSSR count). The first-order valence-corrected chi connectivity index (χ1v) is 10.3. The number of hydrogen-bond donors (Lipinski definition) is 2. The molecule has 0 bridgehead atoms. The van der Waals surface area contributed by atoms with Crippen LogP contribution in [0.2, 0.25) is 0 Å². The van der Waals surface area contributed by atoms with E-state index in [2.05, 4.69) is 46.6 Å². The summed E-state index contributed by atoms with van der Waals surface area (Å²) in [6.45, 7) is 8.14. The zero-order chi connectivity index (χ0) is 19.2. The molecule has 6 nitrogen and oxygen atoms in total. The Balaban J connectivity index is 1.62. The molecule has 7 heteroatoms. The van der Waals surface area contributed by atoms with E-state index in [0.717, 1.165) is 40.9 Å². The van der Waals surface area contributed by atoms with Crippen molar-refractivity contribution in [3.63, 3.8) is 0 Å². The van der Waals surface area contributed by atoms with Crippen molar-refractivity contribution in [2.75, 3.05) is 13.7 Å². The van der Waals surface area contributed by atoms with Crippen molar-refractivity contribution in [1.82, 2.24) is 15.6 Å². The fraction of sp³-hybridized carbons (Fsp3) is 0.500. The Morgan fingerprint density at radius 1 is 1.33 bits per heavy atom. The van der Waals surface area contributed by atoms with Gasteiger partial charge in [0.2, 0.25) is 0 Å². The predicted octanol–water partition coefficient (Wildman–Crippen LogP) is 3.29. The van der Waals surface area contributed by atoms with Crippen LogP contribution in [0.3, 0.4) is 0 Å². The zero-order valence-corrected chi connectivity index (χ0v) is 17.3. The molecule has 1 aromatic heterocycles. The van der Waals surface area contributed by atoms with Crippen LogP contribution in [0.5, 0.6) is 11.5 Å². The lowest BCUT2D eigenvalue weighted by Crippen LogP contribution is -2.36. The topological polar surface area (TPSA) is 67.8 Å². The monoisotopic (exact) mass is 388 g/mol. The summed E-state index contributed by atoms with van der Waals surface area (Å²) in [5, 5.41) is 7.74. The molecule has 1 atom stereocenters. The van der Waals surface area contributed by atoms with E-state index < -0.39 is 0 Å². The largest absolute Gasteiger partial charge is 0.494 e. The van der Waals surface area contributed by atoms with E-state index in [9.17, 15) is 0 Å². The highest BCUT2D eigenvalue weighted by Gasteiger charge is 2.21. The van der Waals surface area contributed by atoms with Gasteiger partial charge in [0, 0.05) is 42.2 Å². The summed E-state index contributed by atoms with van der Waals surface area (Å²) in [4.78, 5) is 10.0. The molecule has 1 aromatic carbocycles. The summed E-state index contributed by atoms with van der Waals surface area (Å²) in [5.41, 5.74) is 2.28. The van der Waals surface area contributed by atoms with Crippen LogP contribution in [-0.4, -0.2) is 30.7 Å². The molecular weight excluding hydrogens is 360 g/mol. The average Bonchev–Trinajstić information content (AvgIpc) is 3.27. The quantitative estimate of drug-likeness (QED) is 0.563. The third kappa shape index (κ3) is 4.91. The Hall–Kier alpha value is -2.28. The normalized spacial score (nSPS) is 16.0. The van der Waals surface area contributed by atoms with E-state index in [1.165, 1.54) is 10.4 Å². The number of nitrogens with one attached hydrogen (secondary N) is 2. The van der Waals surface area contributed by atoms with Crippen molar-refractivity contribution in [2.45, 2.75) is 52.8 Å². The van der Waals surface area contributed by atoms with Gasteiger partial charge in [-0.05, 0) is 32.4 Å². The number of thiazole rings is 1. The van der Waals surface area contributed by atoms with Crippen LogP contribution >= 0.6 is 11.3 Å². The van der Waals surface area contributed by atoms with Gasteiger partial charge < -0.3 is 20.1 Å². The maximum atomic E-state index is 5.90. The van der Waals surface area contributed by atoms with Gasteiger partial charge in [-0.3, -0.25) is 4.99 Å². The third-order valence-corrected chi connectivity index (χ3v) is 5.55. The number of aryl methyl sites for hydroxylation is 1. The SMILES string of the molecule is CCOc1cc2c(cc1CNC(=NC)NCc1ncc(CC)s1)OC(C)C2. The van der Waals surface area contributed by atoms with Crippen LogP contribution in [-0.2, 0) is 25.9 Å². The standard InChI is InChI=1S/C20H28N4O2S/c1-5-16-11-22-19(27-16)12-24-20(21-4)23-10-15-9-18-14(7-13(3)26-18)8-17(15)25-6-2/h8-9,11,13H,5-7,10,12H2,1-4H3,(H2,21,23,24). The fourth-order valence-corrected chi connectivity index (χ4v) is 3.86. The number of aromatic nitrogens is 1. The molecule has 0 saturated heterocycles. The number of rotatable bonds is 7. The van der Waals surface area contributed by atoms with E-state index in [1.807, 2.05) is 13.1 Å². The molecule has 1 aliphatic heterocycles. The van der Waals surface area contributed by atoms with E-state index >= 15 is 0 Å².